The highest BCUT2D eigenvalue weighted by atomic mass is 33.1. The van der Waals surface area contributed by atoms with Crippen LogP contribution in [0.1, 0.15) is 151 Å². The van der Waals surface area contributed by atoms with Crippen molar-refractivity contribution < 1.29 is 54.4 Å². The third-order valence-electron chi connectivity index (χ3n) is 19.0. The second-order valence-electron chi connectivity index (χ2n) is 24.3. The van der Waals surface area contributed by atoms with Gasteiger partial charge in [0.15, 0.2) is 35.8 Å². The van der Waals surface area contributed by atoms with Crippen LogP contribution in [0.4, 0.5) is 0 Å². The zero-order valence-electron chi connectivity index (χ0n) is 46.2. The number of phenols is 1. The van der Waals surface area contributed by atoms with Crippen LogP contribution in [0.15, 0.2) is 23.2 Å². The lowest BCUT2D eigenvalue weighted by atomic mass is 9.57. The number of aromatic hydroxyl groups is 1. The predicted octanol–water partition coefficient (Wildman–Crippen LogP) is 7.08. The van der Waals surface area contributed by atoms with Crippen molar-refractivity contribution in [2.75, 3.05) is 45.4 Å². The van der Waals surface area contributed by atoms with E-state index in [1.807, 2.05) is 0 Å². The van der Waals surface area contributed by atoms with Crippen LogP contribution >= 0.6 is 21.6 Å². The van der Waals surface area contributed by atoms with Crippen molar-refractivity contribution in [3.05, 3.63) is 46.0 Å². The molecule has 0 saturated heterocycles. The van der Waals surface area contributed by atoms with Gasteiger partial charge in [-0.05, 0) is 155 Å². The molecular formula is C61H86N4O11S2. The van der Waals surface area contributed by atoms with Gasteiger partial charge in [0.2, 0.25) is 6.29 Å². The van der Waals surface area contributed by atoms with Crippen LogP contribution < -0.4 is 30.6 Å². The van der Waals surface area contributed by atoms with E-state index in [1.54, 1.807) is 34.8 Å². The van der Waals surface area contributed by atoms with Gasteiger partial charge in [0.1, 0.15) is 12.5 Å². The third-order valence-corrected chi connectivity index (χ3v) is 21.5. The smallest absolute Gasteiger partial charge is 0.201 e. The number of aliphatic hydroxyl groups excluding tert-OH is 5. The highest BCUT2D eigenvalue weighted by molar-refractivity contribution is 8.76. The quantitative estimate of drug-likeness (QED) is 0.0621. The van der Waals surface area contributed by atoms with Gasteiger partial charge >= 0.3 is 0 Å². The van der Waals surface area contributed by atoms with Crippen LogP contribution in [0, 0.1) is 64.1 Å². The first-order valence-corrected chi connectivity index (χ1v) is 31.4. The summed E-state index contributed by atoms with van der Waals surface area (Å²) in [5, 5.41) is 72.6. The third kappa shape index (κ3) is 13.5. The van der Waals surface area contributed by atoms with E-state index in [9.17, 15) is 35.4 Å². The predicted molar refractivity (Wildman–Crippen MR) is 305 cm³/mol. The number of methoxy groups -OCH3 is 1. The van der Waals surface area contributed by atoms with Crippen LogP contribution in [0.2, 0.25) is 0 Å². The van der Waals surface area contributed by atoms with Gasteiger partial charge in [0, 0.05) is 79.4 Å². The van der Waals surface area contributed by atoms with Crippen molar-refractivity contribution in [3.8, 4) is 46.7 Å². The molecule has 4 aliphatic carbocycles. The Balaban J connectivity index is 1.18. The SMILES string of the molecule is COC(CO)CCC1CCC2(CCC3(CCC(CCCO)C3)C2)CC12CC#CC1NC(N)=NC(C(C)C)CSSCC1C1Cc3c4cc(c(c3OC1O)OCN2)CC#Cc1c(ccc(O)c1OCO)CCC(=O)CC(O)CC4. The molecule has 10 rings (SSSR count). The zero-order chi connectivity index (χ0) is 55.0. The highest BCUT2D eigenvalue weighted by Gasteiger charge is 2.57. The number of rotatable bonds is 11. The van der Waals surface area contributed by atoms with Crippen LogP contribution in [0.25, 0.3) is 0 Å². The van der Waals surface area contributed by atoms with Crippen molar-refractivity contribution in [3.63, 3.8) is 0 Å². The molecular weight excluding hydrogens is 1030 g/mol. The van der Waals surface area contributed by atoms with E-state index in [-0.39, 0.29) is 91.8 Å². The Hall–Kier alpha value is -3.88. The van der Waals surface area contributed by atoms with Crippen molar-refractivity contribution >= 4 is 33.3 Å². The summed E-state index contributed by atoms with van der Waals surface area (Å²) >= 11 is 0. The molecule has 428 valence electrons. The Morgan fingerprint density at radius 3 is 2.54 bits per heavy atom. The normalized spacial score (nSPS) is 32.8. The molecule has 15 nitrogen and oxygen atoms in total. The Labute approximate surface area is 470 Å². The molecule has 10 N–H and O–H groups in total. The molecule has 0 amide bonds. The first kappa shape index (κ1) is 58.8. The van der Waals surface area contributed by atoms with E-state index in [0.717, 1.165) is 61.8 Å². The lowest BCUT2D eigenvalue weighted by Crippen LogP contribution is -2.58. The Kier molecular flexibility index (Phi) is 19.9. The minimum Gasteiger partial charge on any atom is -0.504 e. The Morgan fingerprint density at radius 2 is 1.74 bits per heavy atom. The molecule has 3 fully saturated rings. The average molecular weight is 1120 g/mol. The molecule has 4 aliphatic heterocycles. The number of nitrogens with one attached hydrogen (secondary N) is 2. The number of nitrogens with zero attached hydrogens (tertiary/aromatic N) is 1. The van der Waals surface area contributed by atoms with Gasteiger partial charge in [-0.1, -0.05) is 71.2 Å². The molecule has 3 saturated carbocycles. The van der Waals surface area contributed by atoms with Crippen molar-refractivity contribution in [2.45, 2.75) is 185 Å². The van der Waals surface area contributed by atoms with E-state index in [2.05, 4.69) is 54.2 Å². The van der Waals surface area contributed by atoms with E-state index < -0.39 is 36.7 Å². The summed E-state index contributed by atoms with van der Waals surface area (Å²) in [6.45, 7) is 3.89. The largest absolute Gasteiger partial charge is 0.504 e. The Morgan fingerprint density at radius 1 is 0.923 bits per heavy atom. The van der Waals surface area contributed by atoms with Gasteiger partial charge in [-0.3, -0.25) is 10.1 Å². The van der Waals surface area contributed by atoms with Crippen LogP contribution in [0.5, 0.6) is 23.0 Å². The number of hydrogen-bond donors (Lipinski definition) is 9. The van der Waals surface area contributed by atoms with Crippen molar-refractivity contribution in [1.82, 2.24) is 10.6 Å². The lowest BCUT2D eigenvalue weighted by molar-refractivity contribution is -0.121. The Bertz CT molecular complexity index is 2580. The second kappa shape index (κ2) is 26.4. The fourth-order valence-electron chi connectivity index (χ4n) is 14.7. The molecule has 78 heavy (non-hydrogen) atoms. The second-order valence-corrected chi connectivity index (χ2v) is 26.9. The van der Waals surface area contributed by atoms with Crippen molar-refractivity contribution in [1.29, 1.82) is 0 Å². The van der Waals surface area contributed by atoms with Crippen LogP contribution in [0.3, 0.4) is 0 Å². The molecule has 0 radical (unpaired) electrons. The molecule has 17 heteroatoms. The number of ketones is 1. The zero-order valence-corrected chi connectivity index (χ0v) is 47.8. The summed E-state index contributed by atoms with van der Waals surface area (Å²) in [6, 6.07) is 4.75. The maximum absolute atomic E-state index is 13.4. The maximum Gasteiger partial charge on any atom is 0.201 e. The minimum atomic E-state index is -1.26. The summed E-state index contributed by atoms with van der Waals surface area (Å²) in [4.78, 5) is 18.5. The van der Waals surface area contributed by atoms with E-state index in [0.29, 0.717) is 89.8 Å². The number of aryl methyl sites for hydroxylation is 2. The van der Waals surface area contributed by atoms with Crippen LogP contribution in [-0.2, 0) is 35.2 Å². The van der Waals surface area contributed by atoms with Gasteiger partial charge in [-0.25, -0.2) is 4.99 Å². The number of nitrogens with two attached hydrogens (primary N) is 1. The monoisotopic (exact) mass is 1110 g/mol. The summed E-state index contributed by atoms with van der Waals surface area (Å²) in [7, 11) is 5.18. The summed E-state index contributed by atoms with van der Waals surface area (Å²) < 4.78 is 25.3. The molecule has 0 aromatic heterocycles. The molecule has 2 aromatic carbocycles. The average Bonchev–Trinajstić information content (AvgIpc) is 4.18. The van der Waals surface area contributed by atoms with Gasteiger partial charge in [0.05, 0.1) is 36.5 Å². The number of Topliss-reactive ketones (excluding diaryl/α,β-unsaturated/α-hetero) is 1. The van der Waals surface area contributed by atoms with E-state index in [4.69, 9.17) is 29.7 Å². The molecule has 4 heterocycles. The number of aliphatic imine (C=N–C) groups is 1. The number of benzene rings is 2. The van der Waals surface area contributed by atoms with Gasteiger partial charge < -0.3 is 60.6 Å². The number of aliphatic hydroxyl groups is 5. The molecule has 3 spiro atoms. The number of guanidine groups is 1. The maximum atomic E-state index is 13.4. The van der Waals surface area contributed by atoms with E-state index in [1.165, 1.54) is 38.2 Å². The standard InChI is InChI=1S/C61H86N4O11S2/c1-38(2)52-33-78-77-32-50-49-29-48-41-12-16-45(70)28-44(69)15-11-40-13-18-53(71)55(75-37-68)47(40)9-4-8-42(27-41)54(56(48)76-57(49)72)74-36-63-61(21-5-10-51(50)64-58(62)65-52)35-60(23-20-43(61)14-17-46(31-67)73-3)25-24-59(34-60)22-19-39(30-59)7-6-26-66/h13,18,27,38-39,43,45-46,49-52,57,63,66-68,70-72H,6-8,11-12,14-17,19-26,28-37H2,1-3H3,(H3,62,64,65). The molecule has 12 atom stereocenters. The molecule has 6 bridgehead atoms. The first-order valence-electron chi connectivity index (χ1n) is 28.9. The molecule has 12 unspecified atom stereocenters. The minimum absolute atomic E-state index is 0.00347. The molecule has 8 aliphatic rings. The number of hydrogen-bond acceptors (Lipinski definition) is 17. The number of fused-ring (bicyclic) bond motifs is 7. The number of carbonyl (C=O) groups is 1. The summed E-state index contributed by atoms with van der Waals surface area (Å²) in [6.07, 6.45) is 13.4. The fraction of sp³-hybridized carbons (Fsp3) is 0.705. The molecule has 2 aromatic rings. The fourth-order valence-corrected chi connectivity index (χ4v) is 17.6. The number of carbonyl (C=O) groups excluding carboxylic acids is 1. The van der Waals surface area contributed by atoms with Gasteiger partial charge in [-0.15, -0.1) is 0 Å². The van der Waals surface area contributed by atoms with Gasteiger partial charge in [-0.2, -0.15) is 0 Å². The van der Waals surface area contributed by atoms with E-state index >= 15 is 0 Å². The highest BCUT2D eigenvalue weighted by Crippen LogP contribution is 2.65. The summed E-state index contributed by atoms with van der Waals surface area (Å²) in [5.41, 5.74) is 10.2. The topological polar surface area (TPSA) is 238 Å². The van der Waals surface area contributed by atoms with Crippen LogP contribution in [-0.4, -0.2) is 124 Å². The number of phenolic OH excluding ortho intramolecular Hbond substituents is 1. The lowest BCUT2D eigenvalue weighted by Gasteiger charge is -2.52. The summed E-state index contributed by atoms with van der Waals surface area (Å²) in [5.74, 6) is 16.8. The van der Waals surface area contributed by atoms with Crippen molar-refractivity contribution in [2.24, 2.45) is 51.1 Å². The first-order chi connectivity index (χ1) is 37.7. The number of ether oxygens (including phenoxy) is 4. The van der Waals surface area contributed by atoms with Gasteiger partial charge in [0.25, 0.3) is 0 Å².